The lowest BCUT2D eigenvalue weighted by atomic mass is 10.2. The highest BCUT2D eigenvalue weighted by atomic mass is 16.5. The Kier molecular flexibility index (Phi) is 5.53. The van der Waals surface area contributed by atoms with Gasteiger partial charge < -0.3 is 10.1 Å². The van der Waals surface area contributed by atoms with Crippen molar-refractivity contribution in [1.29, 1.82) is 0 Å². The smallest absolute Gasteiger partial charge is 0.0671 e. The van der Waals surface area contributed by atoms with Crippen LogP contribution in [0.2, 0.25) is 0 Å². The van der Waals surface area contributed by atoms with Gasteiger partial charge in [0, 0.05) is 31.0 Å². The molecule has 1 unspecified atom stereocenters. The molecule has 0 spiro atoms. The van der Waals surface area contributed by atoms with Gasteiger partial charge in [0.1, 0.15) is 0 Å². The van der Waals surface area contributed by atoms with Crippen molar-refractivity contribution in [3.05, 3.63) is 47.3 Å². The second kappa shape index (κ2) is 7.38. The molecule has 1 heterocycles. The van der Waals surface area contributed by atoms with Crippen molar-refractivity contribution in [3.8, 4) is 5.69 Å². The van der Waals surface area contributed by atoms with Gasteiger partial charge in [0.05, 0.1) is 17.5 Å². The number of hydrogen-bond acceptors (Lipinski definition) is 3. The summed E-state index contributed by atoms with van der Waals surface area (Å²) in [6.45, 7) is 10.7. The summed E-state index contributed by atoms with van der Waals surface area (Å²) >= 11 is 0. The van der Waals surface area contributed by atoms with Crippen molar-refractivity contribution in [3.63, 3.8) is 0 Å². The molecule has 0 aliphatic heterocycles. The quantitative estimate of drug-likeness (QED) is 0.851. The van der Waals surface area contributed by atoms with Crippen LogP contribution in [-0.2, 0) is 11.3 Å². The topological polar surface area (TPSA) is 39.1 Å². The van der Waals surface area contributed by atoms with Crippen LogP contribution in [0.3, 0.4) is 0 Å². The summed E-state index contributed by atoms with van der Waals surface area (Å²) in [7, 11) is 0. The van der Waals surface area contributed by atoms with Crippen LogP contribution in [-0.4, -0.2) is 29.0 Å². The number of nitrogens with one attached hydrogen (secondary N) is 1. The van der Waals surface area contributed by atoms with Gasteiger partial charge >= 0.3 is 0 Å². The number of aromatic nitrogens is 2. The molecule has 0 fully saturated rings. The number of nitrogens with zero attached hydrogens (tertiary/aromatic N) is 2. The molecular formula is C17H25N3O. The first-order valence-electron chi connectivity index (χ1n) is 7.56. The summed E-state index contributed by atoms with van der Waals surface area (Å²) < 4.78 is 7.54. The van der Waals surface area contributed by atoms with Crippen LogP contribution in [0.15, 0.2) is 30.3 Å². The first-order chi connectivity index (χ1) is 10.1. The molecule has 4 nitrogen and oxygen atoms in total. The Morgan fingerprint density at radius 2 is 1.95 bits per heavy atom. The molecular weight excluding hydrogens is 262 g/mol. The summed E-state index contributed by atoms with van der Waals surface area (Å²) in [6, 6.07) is 10.2. The van der Waals surface area contributed by atoms with Crippen molar-refractivity contribution < 1.29 is 4.74 Å². The van der Waals surface area contributed by atoms with E-state index in [4.69, 9.17) is 4.74 Å². The standard InChI is InChI=1S/C17H25N3O/c1-5-21-13(2)11-18-12-17-14(3)19-20(15(17)4)16-9-7-6-8-10-16/h6-10,13,18H,5,11-12H2,1-4H3. The van der Waals surface area contributed by atoms with Gasteiger partial charge in [-0.1, -0.05) is 18.2 Å². The maximum atomic E-state index is 5.53. The second-order valence-electron chi connectivity index (χ2n) is 5.29. The summed E-state index contributed by atoms with van der Waals surface area (Å²) in [4.78, 5) is 0. The third-order valence-electron chi connectivity index (χ3n) is 3.63. The van der Waals surface area contributed by atoms with Gasteiger partial charge in [-0.15, -0.1) is 0 Å². The van der Waals surface area contributed by atoms with Crippen LogP contribution in [0, 0.1) is 13.8 Å². The molecule has 0 saturated heterocycles. The van der Waals surface area contributed by atoms with E-state index >= 15 is 0 Å². The fourth-order valence-electron chi connectivity index (χ4n) is 2.50. The zero-order valence-electron chi connectivity index (χ0n) is 13.4. The van der Waals surface area contributed by atoms with Crippen LogP contribution < -0.4 is 5.32 Å². The van der Waals surface area contributed by atoms with Crippen LogP contribution in [0.4, 0.5) is 0 Å². The fraction of sp³-hybridized carbons (Fsp3) is 0.471. The minimum atomic E-state index is 0.236. The second-order valence-corrected chi connectivity index (χ2v) is 5.29. The third kappa shape index (κ3) is 3.93. The molecule has 1 atom stereocenters. The molecule has 4 heteroatoms. The summed E-state index contributed by atoms with van der Waals surface area (Å²) in [5, 5.41) is 8.11. The van der Waals surface area contributed by atoms with Gasteiger partial charge in [0.2, 0.25) is 0 Å². The number of ether oxygens (including phenoxy) is 1. The fourth-order valence-corrected chi connectivity index (χ4v) is 2.50. The minimum Gasteiger partial charge on any atom is -0.377 e. The molecule has 2 rings (SSSR count). The minimum absolute atomic E-state index is 0.236. The summed E-state index contributed by atoms with van der Waals surface area (Å²) in [5.41, 5.74) is 4.64. The largest absolute Gasteiger partial charge is 0.377 e. The van der Waals surface area contributed by atoms with E-state index in [9.17, 15) is 0 Å². The van der Waals surface area contributed by atoms with Crippen LogP contribution in [0.25, 0.3) is 5.69 Å². The highest BCUT2D eigenvalue weighted by Gasteiger charge is 2.12. The first-order valence-corrected chi connectivity index (χ1v) is 7.56. The van der Waals surface area contributed by atoms with Gasteiger partial charge in [0.25, 0.3) is 0 Å². The van der Waals surface area contributed by atoms with Gasteiger partial charge in [-0.25, -0.2) is 4.68 Å². The Hall–Kier alpha value is -1.65. The maximum absolute atomic E-state index is 5.53. The van der Waals surface area contributed by atoms with Gasteiger partial charge in [-0.05, 0) is 39.8 Å². The molecule has 2 aromatic rings. The molecule has 0 radical (unpaired) electrons. The molecule has 114 valence electrons. The number of para-hydroxylation sites is 1. The van der Waals surface area contributed by atoms with Gasteiger partial charge in [0.15, 0.2) is 0 Å². The number of hydrogen-bond donors (Lipinski definition) is 1. The van der Waals surface area contributed by atoms with E-state index in [1.807, 2.05) is 29.8 Å². The molecule has 1 N–H and O–H groups in total. The van der Waals surface area contributed by atoms with E-state index in [1.165, 1.54) is 11.3 Å². The highest BCUT2D eigenvalue weighted by molar-refractivity contribution is 5.36. The molecule has 0 saturated carbocycles. The lowest BCUT2D eigenvalue weighted by molar-refractivity contribution is 0.0759. The molecule has 21 heavy (non-hydrogen) atoms. The lowest BCUT2D eigenvalue weighted by Crippen LogP contribution is -2.26. The monoisotopic (exact) mass is 287 g/mol. The van der Waals surface area contributed by atoms with E-state index in [2.05, 4.69) is 43.3 Å². The van der Waals surface area contributed by atoms with Gasteiger partial charge in [-0.3, -0.25) is 0 Å². The molecule has 0 amide bonds. The predicted octanol–water partition coefficient (Wildman–Crippen LogP) is 3.00. The normalized spacial score (nSPS) is 12.6. The van der Waals surface area contributed by atoms with E-state index in [1.54, 1.807) is 0 Å². The molecule has 0 aliphatic carbocycles. The number of benzene rings is 1. The molecule has 1 aromatic carbocycles. The van der Waals surface area contributed by atoms with Crippen molar-refractivity contribution in [2.24, 2.45) is 0 Å². The van der Waals surface area contributed by atoms with Crippen molar-refractivity contribution in [1.82, 2.24) is 15.1 Å². The maximum Gasteiger partial charge on any atom is 0.0671 e. The Balaban J connectivity index is 2.06. The SMILES string of the molecule is CCOC(C)CNCc1c(C)nn(-c2ccccc2)c1C. The zero-order chi connectivity index (χ0) is 15.2. The molecule has 0 bridgehead atoms. The van der Waals surface area contributed by atoms with Crippen molar-refractivity contribution in [2.75, 3.05) is 13.2 Å². The number of aryl methyl sites for hydroxylation is 1. The Bertz CT molecular complexity index is 563. The Morgan fingerprint density at radius 1 is 1.24 bits per heavy atom. The Morgan fingerprint density at radius 3 is 2.62 bits per heavy atom. The van der Waals surface area contributed by atoms with E-state index in [-0.39, 0.29) is 6.10 Å². The summed E-state index contributed by atoms with van der Waals surface area (Å²) in [5.74, 6) is 0. The van der Waals surface area contributed by atoms with Crippen molar-refractivity contribution in [2.45, 2.75) is 40.3 Å². The van der Waals surface area contributed by atoms with Crippen molar-refractivity contribution >= 4 is 0 Å². The summed E-state index contributed by atoms with van der Waals surface area (Å²) in [6.07, 6.45) is 0.236. The predicted molar refractivity (Wildman–Crippen MR) is 85.8 cm³/mol. The average molecular weight is 287 g/mol. The average Bonchev–Trinajstić information content (AvgIpc) is 2.76. The number of rotatable bonds is 7. The third-order valence-corrected chi connectivity index (χ3v) is 3.63. The molecule has 1 aromatic heterocycles. The highest BCUT2D eigenvalue weighted by Crippen LogP contribution is 2.17. The van der Waals surface area contributed by atoms with Crippen LogP contribution in [0.5, 0.6) is 0 Å². The lowest BCUT2D eigenvalue weighted by Gasteiger charge is -2.12. The first kappa shape index (κ1) is 15.7. The Labute approximate surface area is 127 Å². The van der Waals surface area contributed by atoms with Crippen LogP contribution in [0.1, 0.15) is 30.8 Å². The van der Waals surface area contributed by atoms with E-state index < -0.39 is 0 Å². The zero-order valence-corrected chi connectivity index (χ0v) is 13.4. The molecule has 0 aliphatic rings. The van der Waals surface area contributed by atoms with E-state index in [0.717, 1.165) is 31.1 Å². The van der Waals surface area contributed by atoms with E-state index in [0.29, 0.717) is 0 Å². The van der Waals surface area contributed by atoms with Gasteiger partial charge in [-0.2, -0.15) is 5.10 Å². The van der Waals surface area contributed by atoms with Crippen LogP contribution >= 0.6 is 0 Å².